The number of carbonyl (C=O) groups excluding carboxylic acids is 1. The topological polar surface area (TPSA) is 75.3 Å². The zero-order chi connectivity index (χ0) is 22.6. The lowest BCUT2D eigenvalue weighted by Gasteiger charge is -2.22. The van der Waals surface area contributed by atoms with Crippen LogP contribution in [0.5, 0.6) is 0 Å². The summed E-state index contributed by atoms with van der Waals surface area (Å²) in [5.74, 6) is -0.254. The van der Waals surface area contributed by atoms with Crippen LogP contribution in [0.3, 0.4) is 0 Å². The van der Waals surface area contributed by atoms with Crippen molar-refractivity contribution in [2.45, 2.75) is 36.6 Å². The first-order valence-corrected chi connectivity index (χ1v) is 12.5. The van der Waals surface area contributed by atoms with Gasteiger partial charge in [0.1, 0.15) is 0 Å². The molecule has 0 heterocycles. The summed E-state index contributed by atoms with van der Waals surface area (Å²) >= 11 is 1.44. The Kier molecular flexibility index (Phi) is 7.20. The molecule has 1 amide bonds. The molecule has 5 nitrogen and oxygen atoms in total. The molecule has 162 valence electrons. The SMILES string of the molecule is CSc1ccc(S(=O)(=O)N[C@@H](c2ccccc2)c2ccc(C)cc2C)cc1NC(C)=O. The number of nitrogens with one attached hydrogen (secondary N) is 2. The van der Waals surface area contributed by atoms with Gasteiger partial charge in [-0.15, -0.1) is 11.8 Å². The van der Waals surface area contributed by atoms with Crippen LogP contribution < -0.4 is 10.0 Å². The highest BCUT2D eigenvalue weighted by Crippen LogP contribution is 2.31. The molecule has 0 unspecified atom stereocenters. The molecule has 3 aromatic rings. The number of anilines is 1. The molecular weight excluding hydrogens is 428 g/mol. The third kappa shape index (κ3) is 5.55. The average Bonchev–Trinajstić information content (AvgIpc) is 2.72. The zero-order valence-corrected chi connectivity index (χ0v) is 19.6. The normalized spacial score (nSPS) is 12.4. The summed E-state index contributed by atoms with van der Waals surface area (Å²) in [4.78, 5) is 12.5. The molecule has 0 aliphatic rings. The molecule has 3 rings (SSSR count). The van der Waals surface area contributed by atoms with E-state index in [0.717, 1.165) is 27.1 Å². The quantitative estimate of drug-likeness (QED) is 0.490. The van der Waals surface area contributed by atoms with Crippen molar-refractivity contribution in [1.29, 1.82) is 0 Å². The summed E-state index contributed by atoms with van der Waals surface area (Å²) in [5, 5.41) is 2.72. The van der Waals surface area contributed by atoms with E-state index in [1.165, 1.54) is 24.8 Å². The Hall–Kier alpha value is -2.61. The van der Waals surface area contributed by atoms with Crippen molar-refractivity contribution in [1.82, 2.24) is 4.72 Å². The molecule has 0 fully saturated rings. The summed E-state index contributed by atoms with van der Waals surface area (Å²) in [6, 6.07) is 19.7. The van der Waals surface area contributed by atoms with Gasteiger partial charge in [-0.05, 0) is 55.0 Å². The number of benzene rings is 3. The van der Waals surface area contributed by atoms with Gasteiger partial charge in [0.05, 0.1) is 16.6 Å². The highest BCUT2D eigenvalue weighted by molar-refractivity contribution is 7.98. The second kappa shape index (κ2) is 9.68. The van der Waals surface area contributed by atoms with Crippen molar-refractivity contribution < 1.29 is 13.2 Å². The van der Waals surface area contributed by atoms with Gasteiger partial charge in [-0.1, -0.05) is 54.1 Å². The number of aryl methyl sites for hydroxylation is 2. The predicted octanol–water partition coefficient (Wildman–Crippen LogP) is 5.05. The van der Waals surface area contributed by atoms with E-state index in [9.17, 15) is 13.2 Å². The van der Waals surface area contributed by atoms with Crippen molar-refractivity contribution in [2.24, 2.45) is 0 Å². The summed E-state index contributed by atoms with van der Waals surface area (Å²) in [6.45, 7) is 5.39. The van der Waals surface area contributed by atoms with Gasteiger partial charge in [-0.25, -0.2) is 8.42 Å². The van der Waals surface area contributed by atoms with Crippen LogP contribution >= 0.6 is 11.8 Å². The summed E-state index contributed by atoms with van der Waals surface area (Å²) < 4.78 is 29.6. The first-order chi connectivity index (χ1) is 14.7. The highest BCUT2D eigenvalue weighted by atomic mass is 32.2. The summed E-state index contributed by atoms with van der Waals surface area (Å²) in [7, 11) is -3.88. The van der Waals surface area contributed by atoms with Gasteiger partial charge in [-0.2, -0.15) is 4.72 Å². The molecule has 0 radical (unpaired) electrons. The van der Waals surface area contributed by atoms with Crippen molar-refractivity contribution in [2.75, 3.05) is 11.6 Å². The van der Waals surface area contributed by atoms with E-state index in [1.807, 2.05) is 68.6 Å². The number of hydrogen-bond acceptors (Lipinski definition) is 4. The fraction of sp³-hybridized carbons (Fsp3) is 0.208. The lowest BCUT2D eigenvalue weighted by atomic mass is 9.95. The third-order valence-electron chi connectivity index (χ3n) is 4.93. The molecule has 0 aliphatic heterocycles. The van der Waals surface area contributed by atoms with Crippen LogP contribution in [0.4, 0.5) is 5.69 Å². The van der Waals surface area contributed by atoms with E-state index in [0.29, 0.717) is 5.69 Å². The fourth-order valence-corrected chi connectivity index (χ4v) is 5.23. The molecule has 0 aromatic heterocycles. The number of rotatable bonds is 7. The lowest BCUT2D eigenvalue weighted by molar-refractivity contribution is -0.114. The minimum atomic E-state index is -3.88. The number of thioether (sulfide) groups is 1. The first-order valence-electron chi connectivity index (χ1n) is 9.81. The van der Waals surface area contributed by atoms with Crippen molar-refractivity contribution in [3.05, 3.63) is 89.0 Å². The van der Waals surface area contributed by atoms with E-state index < -0.39 is 16.1 Å². The smallest absolute Gasteiger partial charge is 0.241 e. The zero-order valence-electron chi connectivity index (χ0n) is 18.0. The third-order valence-corrected chi connectivity index (χ3v) is 7.15. The van der Waals surface area contributed by atoms with Gasteiger partial charge in [0, 0.05) is 11.8 Å². The van der Waals surface area contributed by atoms with Gasteiger partial charge in [0.15, 0.2) is 0 Å². The maximum atomic E-state index is 13.4. The fourth-order valence-electron chi connectivity index (χ4n) is 3.47. The van der Waals surface area contributed by atoms with Crippen molar-refractivity contribution in [3.63, 3.8) is 0 Å². The minimum absolute atomic E-state index is 0.0970. The maximum Gasteiger partial charge on any atom is 0.241 e. The lowest BCUT2D eigenvalue weighted by Crippen LogP contribution is -2.30. The van der Waals surface area contributed by atoms with E-state index >= 15 is 0 Å². The number of hydrogen-bond donors (Lipinski definition) is 2. The van der Waals surface area contributed by atoms with E-state index in [2.05, 4.69) is 10.0 Å². The molecule has 0 saturated heterocycles. The Morgan fingerprint density at radius 2 is 1.68 bits per heavy atom. The van der Waals surface area contributed by atoms with Crippen LogP contribution in [-0.4, -0.2) is 20.6 Å². The van der Waals surface area contributed by atoms with E-state index in [-0.39, 0.29) is 10.8 Å². The molecule has 1 atom stereocenters. The van der Waals surface area contributed by atoms with Crippen molar-refractivity contribution >= 4 is 33.4 Å². The second-order valence-electron chi connectivity index (χ2n) is 7.37. The number of amides is 1. The molecule has 0 saturated carbocycles. The van der Waals surface area contributed by atoms with Gasteiger partial charge in [0.2, 0.25) is 15.9 Å². The average molecular weight is 455 g/mol. The molecule has 0 spiro atoms. The Labute approximate surface area is 188 Å². The van der Waals surface area contributed by atoms with Gasteiger partial charge in [0.25, 0.3) is 0 Å². The molecule has 7 heteroatoms. The Balaban J connectivity index is 2.05. The molecular formula is C24H26N2O3S2. The minimum Gasteiger partial charge on any atom is -0.325 e. The largest absolute Gasteiger partial charge is 0.325 e. The number of sulfonamides is 1. The van der Waals surface area contributed by atoms with Crippen molar-refractivity contribution in [3.8, 4) is 0 Å². The second-order valence-corrected chi connectivity index (χ2v) is 9.93. The van der Waals surface area contributed by atoms with Gasteiger partial charge >= 0.3 is 0 Å². The van der Waals surface area contributed by atoms with Crippen LogP contribution in [-0.2, 0) is 14.8 Å². The first kappa shape index (κ1) is 23.1. The van der Waals surface area contributed by atoms with Crippen LogP contribution in [0.15, 0.2) is 76.5 Å². The molecule has 0 aliphatic carbocycles. The molecule has 31 heavy (non-hydrogen) atoms. The van der Waals surface area contributed by atoms with Crippen LogP contribution in [0.25, 0.3) is 0 Å². The standard InChI is InChI=1S/C24H26N2O3S2/c1-16-10-12-21(17(2)14-16)24(19-8-6-5-7-9-19)26-31(28,29)20-11-13-23(30-4)22(15-20)25-18(3)27/h5-15,24,26H,1-4H3,(H,25,27)/t24-/m0/s1. The van der Waals surface area contributed by atoms with E-state index in [4.69, 9.17) is 0 Å². The van der Waals surface area contributed by atoms with Gasteiger partial charge < -0.3 is 5.32 Å². The van der Waals surface area contributed by atoms with Crippen LogP contribution in [0.1, 0.15) is 35.2 Å². The van der Waals surface area contributed by atoms with Crippen LogP contribution in [0.2, 0.25) is 0 Å². The molecule has 0 bridgehead atoms. The monoisotopic (exact) mass is 454 g/mol. The summed E-state index contributed by atoms with van der Waals surface area (Å²) in [6.07, 6.45) is 1.87. The molecule has 3 aromatic carbocycles. The Morgan fingerprint density at radius 3 is 2.29 bits per heavy atom. The van der Waals surface area contributed by atoms with E-state index in [1.54, 1.807) is 12.1 Å². The Morgan fingerprint density at radius 1 is 0.968 bits per heavy atom. The summed E-state index contributed by atoms with van der Waals surface area (Å²) in [5.41, 5.74) is 4.34. The maximum absolute atomic E-state index is 13.4. The van der Waals surface area contributed by atoms with Crippen LogP contribution in [0, 0.1) is 13.8 Å². The predicted molar refractivity (Wildman–Crippen MR) is 127 cm³/mol. The highest BCUT2D eigenvalue weighted by Gasteiger charge is 2.25. The number of carbonyl (C=O) groups is 1. The Bertz CT molecular complexity index is 1190. The molecule has 2 N–H and O–H groups in total. The van der Waals surface area contributed by atoms with Gasteiger partial charge in [-0.3, -0.25) is 4.79 Å².